The van der Waals surface area contributed by atoms with Crippen molar-refractivity contribution in [1.29, 1.82) is 0 Å². The topological polar surface area (TPSA) is 93.3 Å². The van der Waals surface area contributed by atoms with Crippen molar-refractivity contribution in [3.05, 3.63) is 11.9 Å². The molecule has 0 aliphatic carbocycles. The summed E-state index contributed by atoms with van der Waals surface area (Å²) in [6.45, 7) is 2.45. The minimum atomic E-state index is -0.190. The number of methoxy groups -OCH3 is 1. The van der Waals surface area contributed by atoms with E-state index >= 15 is 0 Å². The zero-order chi connectivity index (χ0) is 12.7. The van der Waals surface area contributed by atoms with Crippen LogP contribution in [0.3, 0.4) is 0 Å². The van der Waals surface area contributed by atoms with E-state index in [1.54, 1.807) is 7.11 Å². The maximum atomic E-state index is 9.19. The van der Waals surface area contributed by atoms with Crippen LogP contribution in [0.2, 0.25) is 0 Å². The number of nitrogens with two attached hydrogens (primary N) is 1. The Morgan fingerprint density at radius 1 is 1.53 bits per heavy atom. The molecule has 17 heavy (non-hydrogen) atoms. The molecule has 1 atom stereocenters. The number of hydrogen-bond acceptors (Lipinski definition) is 6. The van der Waals surface area contributed by atoms with Crippen LogP contribution < -0.4 is 11.1 Å². The fourth-order valence-corrected chi connectivity index (χ4v) is 1.58. The molecular weight excluding hydrogens is 220 g/mol. The van der Waals surface area contributed by atoms with E-state index in [0.29, 0.717) is 18.2 Å². The third-order valence-corrected chi connectivity index (χ3v) is 2.41. The second kappa shape index (κ2) is 7.03. The molecule has 0 saturated carbocycles. The molecule has 0 amide bonds. The van der Waals surface area contributed by atoms with Gasteiger partial charge in [0, 0.05) is 12.7 Å². The van der Waals surface area contributed by atoms with Crippen molar-refractivity contribution in [2.24, 2.45) is 0 Å². The van der Waals surface area contributed by atoms with E-state index in [-0.39, 0.29) is 12.6 Å². The van der Waals surface area contributed by atoms with Crippen LogP contribution in [0.25, 0.3) is 0 Å². The molecule has 0 fully saturated rings. The molecule has 4 N–H and O–H groups in total. The summed E-state index contributed by atoms with van der Waals surface area (Å²) in [6.07, 6.45) is 3.18. The van der Waals surface area contributed by atoms with E-state index in [1.807, 2.05) is 0 Å². The Hall–Kier alpha value is -1.40. The second-order valence-electron chi connectivity index (χ2n) is 3.82. The van der Waals surface area contributed by atoms with Gasteiger partial charge in [-0.25, -0.2) is 9.97 Å². The van der Waals surface area contributed by atoms with Crippen molar-refractivity contribution in [2.45, 2.75) is 25.8 Å². The number of aliphatic hydroxyl groups is 1. The van der Waals surface area contributed by atoms with Crippen LogP contribution in [-0.2, 0) is 11.2 Å². The van der Waals surface area contributed by atoms with Crippen molar-refractivity contribution in [2.75, 3.05) is 31.4 Å². The predicted molar refractivity (Wildman–Crippen MR) is 66.8 cm³/mol. The lowest BCUT2D eigenvalue weighted by molar-refractivity contribution is 0.153. The van der Waals surface area contributed by atoms with Crippen LogP contribution >= 0.6 is 0 Å². The second-order valence-corrected chi connectivity index (χ2v) is 3.82. The Morgan fingerprint density at radius 2 is 2.29 bits per heavy atom. The fourth-order valence-electron chi connectivity index (χ4n) is 1.58. The van der Waals surface area contributed by atoms with E-state index in [2.05, 4.69) is 22.2 Å². The lowest BCUT2D eigenvalue weighted by Gasteiger charge is -2.18. The highest BCUT2D eigenvalue weighted by Gasteiger charge is 2.13. The molecule has 0 bridgehead atoms. The molecule has 96 valence electrons. The zero-order valence-electron chi connectivity index (χ0n) is 10.3. The number of hydrogen-bond donors (Lipinski definition) is 3. The molecule has 1 rings (SSSR count). The SMILES string of the molecule is CCCc1c(N)ncnc1NC(CO)COC. The maximum absolute atomic E-state index is 9.19. The van der Waals surface area contributed by atoms with Crippen molar-refractivity contribution in [3.63, 3.8) is 0 Å². The molecule has 6 heteroatoms. The average Bonchev–Trinajstić information content (AvgIpc) is 2.33. The standard InChI is InChI=1S/C11H20N4O2/c1-3-4-9-10(12)13-7-14-11(9)15-8(5-16)6-17-2/h7-8,16H,3-6H2,1-2H3,(H3,12,13,14,15). The number of aromatic nitrogens is 2. The molecule has 1 unspecified atom stereocenters. The van der Waals surface area contributed by atoms with Crippen LogP contribution in [0, 0.1) is 0 Å². The van der Waals surface area contributed by atoms with Crippen LogP contribution in [0.15, 0.2) is 6.33 Å². The summed E-state index contributed by atoms with van der Waals surface area (Å²) in [5.41, 5.74) is 6.71. The van der Waals surface area contributed by atoms with Crippen LogP contribution in [-0.4, -0.2) is 41.4 Å². The van der Waals surface area contributed by atoms with Gasteiger partial charge in [-0.05, 0) is 6.42 Å². The van der Waals surface area contributed by atoms with Gasteiger partial charge in [-0.15, -0.1) is 0 Å². The van der Waals surface area contributed by atoms with Crippen molar-refractivity contribution < 1.29 is 9.84 Å². The first-order valence-electron chi connectivity index (χ1n) is 5.68. The van der Waals surface area contributed by atoms with Gasteiger partial charge in [0.15, 0.2) is 0 Å². The summed E-state index contributed by atoms with van der Waals surface area (Å²) in [6, 6.07) is -0.190. The van der Waals surface area contributed by atoms with Gasteiger partial charge in [0.2, 0.25) is 0 Å². The van der Waals surface area contributed by atoms with E-state index in [1.165, 1.54) is 6.33 Å². The van der Waals surface area contributed by atoms with Gasteiger partial charge < -0.3 is 20.9 Å². The molecular formula is C11H20N4O2. The number of nitrogens with zero attached hydrogens (tertiary/aromatic N) is 2. The molecule has 0 saturated heterocycles. The predicted octanol–water partition coefficient (Wildman–Crippen LogP) is 0.430. The lowest BCUT2D eigenvalue weighted by Crippen LogP contribution is -2.30. The summed E-state index contributed by atoms with van der Waals surface area (Å²) < 4.78 is 5.00. The third-order valence-electron chi connectivity index (χ3n) is 2.41. The number of aliphatic hydroxyl groups excluding tert-OH is 1. The van der Waals surface area contributed by atoms with Crippen LogP contribution in [0.4, 0.5) is 11.6 Å². The van der Waals surface area contributed by atoms with Crippen molar-refractivity contribution >= 4 is 11.6 Å². The van der Waals surface area contributed by atoms with Gasteiger partial charge in [-0.3, -0.25) is 0 Å². The first-order valence-corrected chi connectivity index (χ1v) is 5.68. The smallest absolute Gasteiger partial charge is 0.135 e. The van der Waals surface area contributed by atoms with E-state index in [9.17, 15) is 5.11 Å². The summed E-state index contributed by atoms with van der Waals surface area (Å²) in [4.78, 5) is 8.13. The highest BCUT2D eigenvalue weighted by Crippen LogP contribution is 2.19. The van der Waals surface area contributed by atoms with Crippen molar-refractivity contribution in [3.8, 4) is 0 Å². The Balaban J connectivity index is 2.84. The molecule has 0 radical (unpaired) electrons. The van der Waals surface area contributed by atoms with Gasteiger partial charge in [0.1, 0.15) is 18.0 Å². The van der Waals surface area contributed by atoms with Gasteiger partial charge in [-0.1, -0.05) is 13.3 Å². The third kappa shape index (κ3) is 3.83. The Morgan fingerprint density at radius 3 is 2.88 bits per heavy atom. The van der Waals surface area contributed by atoms with Crippen LogP contribution in [0.5, 0.6) is 0 Å². The highest BCUT2D eigenvalue weighted by atomic mass is 16.5. The Bertz CT molecular complexity index is 346. The quantitative estimate of drug-likeness (QED) is 0.640. The van der Waals surface area contributed by atoms with Gasteiger partial charge in [0.25, 0.3) is 0 Å². The number of nitrogen functional groups attached to an aromatic ring is 1. The normalized spacial score (nSPS) is 12.4. The minimum absolute atomic E-state index is 0.0245. The first kappa shape index (κ1) is 13.7. The Kier molecular flexibility index (Phi) is 5.65. The van der Waals surface area contributed by atoms with E-state index in [0.717, 1.165) is 18.4 Å². The minimum Gasteiger partial charge on any atom is -0.394 e. The largest absolute Gasteiger partial charge is 0.394 e. The summed E-state index contributed by atoms with van der Waals surface area (Å²) >= 11 is 0. The zero-order valence-corrected chi connectivity index (χ0v) is 10.3. The molecule has 0 aliphatic rings. The Labute approximate surface area is 101 Å². The van der Waals surface area contributed by atoms with E-state index < -0.39 is 0 Å². The molecule has 0 aromatic carbocycles. The highest BCUT2D eigenvalue weighted by molar-refractivity contribution is 5.55. The number of nitrogens with one attached hydrogen (secondary N) is 1. The molecule has 1 aromatic rings. The van der Waals surface area contributed by atoms with E-state index in [4.69, 9.17) is 10.5 Å². The fraction of sp³-hybridized carbons (Fsp3) is 0.636. The van der Waals surface area contributed by atoms with Crippen molar-refractivity contribution in [1.82, 2.24) is 9.97 Å². The summed E-state index contributed by atoms with van der Waals surface area (Å²) in [5, 5.41) is 12.3. The molecule has 6 nitrogen and oxygen atoms in total. The molecule has 0 aliphatic heterocycles. The van der Waals surface area contributed by atoms with Crippen LogP contribution in [0.1, 0.15) is 18.9 Å². The average molecular weight is 240 g/mol. The molecule has 1 aromatic heterocycles. The first-order chi connectivity index (χ1) is 8.22. The maximum Gasteiger partial charge on any atom is 0.135 e. The number of anilines is 2. The molecule has 1 heterocycles. The van der Waals surface area contributed by atoms with Gasteiger partial charge in [-0.2, -0.15) is 0 Å². The monoisotopic (exact) mass is 240 g/mol. The van der Waals surface area contributed by atoms with Gasteiger partial charge >= 0.3 is 0 Å². The van der Waals surface area contributed by atoms with Gasteiger partial charge in [0.05, 0.1) is 19.3 Å². The number of ether oxygens (including phenoxy) is 1. The summed E-state index contributed by atoms with van der Waals surface area (Å²) in [7, 11) is 1.59. The number of rotatable bonds is 7. The molecule has 0 spiro atoms. The summed E-state index contributed by atoms with van der Waals surface area (Å²) in [5.74, 6) is 1.16. The lowest BCUT2D eigenvalue weighted by atomic mass is 10.1.